The average molecular weight is 250 g/mol. The van der Waals surface area contributed by atoms with Crippen LogP contribution in [0.1, 0.15) is 39.5 Å². The highest BCUT2D eigenvalue weighted by molar-refractivity contribution is 7.86. The van der Waals surface area contributed by atoms with Crippen molar-refractivity contribution < 1.29 is 13.2 Å². The minimum absolute atomic E-state index is 0.0290. The van der Waals surface area contributed by atoms with Crippen LogP contribution in [0.3, 0.4) is 0 Å². The van der Waals surface area contributed by atoms with Crippen molar-refractivity contribution in [1.29, 1.82) is 0 Å². The summed E-state index contributed by atoms with van der Waals surface area (Å²) in [6.45, 7) is 4.45. The Kier molecular flexibility index (Phi) is 4.34. The Morgan fingerprint density at radius 1 is 1.44 bits per heavy atom. The molecule has 1 aliphatic heterocycles. The van der Waals surface area contributed by atoms with Gasteiger partial charge in [0.2, 0.25) is 0 Å². The van der Waals surface area contributed by atoms with Crippen molar-refractivity contribution >= 4 is 10.2 Å². The average Bonchev–Trinajstić information content (AvgIpc) is 2.16. The van der Waals surface area contributed by atoms with E-state index in [4.69, 9.17) is 9.88 Å². The molecule has 2 N–H and O–H groups in total. The molecule has 0 radical (unpaired) electrons. The third-order valence-electron chi connectivity index (χ3n) is 3.18. The van der Waals surface area contributed by atoms with Gasteiger partial charge in [-0.3, -0.25) is 0 Å². The highest BCUT2D eigenvalue weighted by atomic mass is 32.2. The van der Waals surface area contributed by atoms with Crippen LogP contribution in [0.2, 0.25) is 0 Å². The van der Waals surface area contributed by atoms with Gasteiger partial charge >= 0.3 is 0 Å². The number of piperidine rings is 1. The summed E-state index contributed by atoms with van der Waals surface area (Å²) in [6, 6.07) is -0.0290. The molecule has 1 heterocycles. The van der Waals surface area contributed by atoms with Gasteiger partial charge < -0.3 is 4.74 Å². The van der Waals surface area contributed by atoms with Crippen LogP contribution in [0.5, 0.6) is 0 Å². The lowest BCUT2D eigenvalue weighted by Crippen LogP contribution is -2.49. The molecule has 1 unspecified atom stereocenters. The monoisotopic (exact) mass is 250 g/mol. The van der Waals surface area contributed by atoms with E-state index in [9.17, 15) is 8.42 Å². The molecule has 0 aromatic heterocycles. The number of hydrogen-bond acceptors (Lipinski definition) is 3. The first kappa shape index (κ1) is 13.9. The topological polar surface area (TPSA) is 72.6 Å². The van der Waals surface area contributed by atoms with E-state index in [1.807, 2.05) is 13.8 Å². The molecule has 0 aliphatic carbocycles. The number of ether oxygens (including phenoxy) is 1. The third kappa shape index (κ3) is 3.69. The van der Waals surface area contributed by atoms with Crippen LogP contribution in [-0.4, -0.2) is 38.0 Å². The fourth-order valence-corrected chi connectivity index (χ4v) is 3.14. The fourth-order valence-electron chi connectivity index (χ4n) is 2.16. The second-order valence-electron chi connectivity index (χ2n) is 4.97. The predicted molar refractivity (Wildman–Crippen MR) is 63.2 cm³/mol. The van der Waals surface area contributed by atoms with Gasteiger partial charge in [-0.05, 0) is 33.1 Å². The molecule has 96 valence electrons. The molecule has 1 aliphatic rings. The first-order chi connectivity index (χ1) is 7.26. The maximum Gasteiger partial charge on any atom is 0.277 e. The Balaban J connectivity index is 2.76. The van der Waals surface area contributed by atoms with Crippen molar-refractivity contribution in [2.75, 3.05) is 13.7 Å². The van der Waals surface area contributed by atoms with Gasteiger partial charge in [-0.1, -0.05) is 6.42 Å². The van der Waals surface area contributed by atoms with Gasteiger partial charge in [0.05, 0.1) is 5.60 Å². The molecule has 1 fully saturated rings. The molecule has 0 saturated carbocycles. The normalized spacial score (nSPS) is 24.6. The SMILES string of the molecule is COC(C)(C)CC1CCCCN1S(N)(=O)=O. The molecule has 16 heavy (non-hydrogen) atoms. The molecule has 0 spiro atoms. The van der Waals surface area contributed by atoms with E-state index in [1.54, 1.807) is 7.11 Å². The minimum atomic E-state index is -3.58. The van der Waals surface area contributed by atoms with Crippen molar-refractivity contribution in [3.05, 3.63) is 0 Å². The second kappa shape index (κ2) is 5.00. The van der Waals surface area contributed by atoms with Gasteiger partial charge in [-0.25, -0.2) is 5.14 Å². The zero-order chi connectivity index (χ0) is 12.4. The number of methoxy groups -OCH3 is 1. The van der Waals surface area contributed by atoms with Crippen molar-refractivity contribution in [2.24, 2.45) is 5.14 Å². The van der Waals surface area contributed by atoms with E-state index in [0.717, 1.165) is 19.3 Å². The van der Waals surface area contributed by atoms with Crippen LogP contribution in [0.25, 0.3) is 0 Å². The summed E-state index contributed by atoms with van der Waals surface area (Å²) in [7, 11) is -1.93. The van der Waals surface area contributed by atoms with E-state index in [2.05, 4.69) is 0 Å². The Hall–Kier alpha value is -0.170. The first-order valence-electron chi connectivity index (χ1n) is 5.61. The first-order valence-corrected chi connectivity index (χ1v) is 7.11. The van der Waals surface area contributed by atoms with Crippen LogP contribution in [0.4, 0.5) is 0 Å². The summed E-state index contributed by atoms with van der Waals surface area (Å²) in [5, 5.41) is 5.22. The van der Waals surface area contributed by atoms with Crippen molar-refractivity contribution in [2.45, 2.75) is 51.2 Å². The molecule has 1 saturated heterocycles. The maximum atomic E-state index is 11.4. The second-order valence-corrected chi connectivity index (χ2v) is 6.47. The van der Waals surface area contributed by atoms with Gasteiger partial charge in [-0.2, -0.15) is 12.7 Å². The largest absolute Gasteiger partial charge is 0.379 e. The summed E-state index contributed by atoms with van der Waals surface area (Å²) in [6.07, 6.45) is 3.49. The van der Waals surface area contributed by atoms with E-state index < -0.39 is 10.2 Å². The zero-order valence-electron chi connectivity index (χ0n) is 10.3. The summed E-state index contributed by atoms with van der Waals surface area (Å²) >= 11 is 0. The lowest BCUT2D eigenvalue weighted by Gasteiger charge is -2.37. The number of hydrogen-bond donors (Lipinski definition) is 1. The standard InChI is InChI=1S/C10H22N2O3S/c1-10(2,15-3)8-9-6-4-5-7-12(9)16(11,13)14/h9H,4-8H2,1-3H3,(H2,11,13,14). The zero-order valence-corrected chi connectivity index (χ0v) is 11.1. The number of nitrogens with two attached hydrogens (primary N) is 1. The Morgan fingerprint density at radius 2 is 2.06 bits per heavy atom. The third-order valence-corrected chi connectivity index (χ3v) is 4.31. The van der Waals surface area contributed by atoms with Crippen molar-refractivity contribution in [1.82, 2.24) is 4.31 Å². The van der Waals surface area contributed by atoms with Crippen LogP contribution >= 0.6 is 0 Å². The van der Waals surface area contributed by atoms with Gasteiger partial charge in [0.1, 0.15) is 0 Å². The van der Waals surface area contributed by atoms with E-state index in [0.29, 0.717) is 13.0 Å². The summed E-state index contributed by atoms with van der Waals surface area (Å²) in [4.78, 5) is 0. The lowest BCUT2D eigenvalue weighted by atomic mass is 9.93. The highest BCUT2D eigenvalue weighted by Crippen LogP contribution is 2.27. The van der Waals surface area contributed by atoms with Gasteiger partial charge in [0, 0.05) is 19.7 Å². The summed E-state index contributed by atoms with van der Waals surface area (Å²) in [5.41, 5.74) is -0.315. The van der Waals surface area contributed by atoms with Gasteiger partial charge in [-0.15, -0.1) is 0 Å². The Bertz CT molecular complexity index is 327. The van der Waals surface area contributed by atoms with Crippen LogP contribution in [-0.2, 0) is 14.9 Å². The smallest absolute Gasteiger partial charge is 0.277 e. The summed E-state index contributed by atoms with van der Waals surface area (Å²) in [5.74, 6) is 0. The highest BCUT2D eigenvalue weighted by Gasteiger charge is 2.34. The van der Waals surface area contributed by atoms with Crippen LogP contribution in [0.15, 0.2) is 0 Å². The molecule has 0 aromatic carbocycles. The summed E-state index contributed by atoms with van der Waals surface area (Å²) < 4.78 is 29.6. The van der Waals surface area contributed by atoms with Crippen LogP contribution in [0, 0.1) is 0 Å². The molecule has 1 rings (SSSR count). The van der Waals surface area contributed by atoms with Gasteiger partial charge in [0.15, 0.2) is 0 Å². The molecule has 0 amide bonds. The fraction of sp³-hybridized carbons (Fsp3) is 1.00. The molecular formula is C10H22N2O3S. The predicted octanol–water partition coefficient (Wildman–Crippen LogP) is 0.860. The molecule has 0 bridgehead atoms. The molecule has 0 aromatic rings. The van der Waals surface area contributed by atoms with E-state index >= 15 is 0 Å². The Labute approximate surface area is 98.1 Å². The molecular weight excluding hydrogens is 228 g/mol. The van der Waals surface area contributed by atoms with E-state index in [-0.39, 0.29) is 11.6 Å². The molecule has 1 atom stereocenters. The quantitative estimate of drug-likeness (QED) is 0.804. The van der Waals surface area contributed by atoms with Crippen molar-refractivity contribution in [3.63, 3.8) is 0 Å². The number of nitrogens with zero attached hydrogens (tertiary/aromatic N) is 1. The lowest BCUT2D eigenvalue weighted by molar-refractivity contribution is -0.00389. The van der Waals surface area contributed by atoms with Gasteiger partial charge in [0.25, 0.3) is 10.2 Å². The van der Waals surface area contributed by atoms with Crippen LogP contribution < -0.4 is 5.14 Å². The molecule has 6 heteroatoms. The Morgan fingerprint density at radius 3 is 2.56 bits per heavy atom. The number of rotatable bonds is 4. The minimum Gasteiger partial charge on any atom is -0.379 e. The maximum absolute atomic E-state index is 11.4. The van der Waals surface area contributed by atoms with E-state index in [1.165, 1.54) is 4.31 Å². The van der Waals surface area contributed by atoms with Crippen molar-refractivity contribution in [3.8, 4) is 0 Å². The molecule has 5 nitrogen and oxygen atoms in total.